The standard InChI is InChI=1S/C14H12FNO5/c15-9-2-1-3-10(4-9)16-14(19)8-21-13-7-20-11(6-17)5-12(13)18/h1-5,7,17H,6,8H2,(H,16,19). The van der Waals surface area contributed by atoms with Crippen LogP contribution in [0.25, 0.3) is 0 Å². The molecule has 2 rings (SSSR count). The lowest BCUT2D eigenvalue weighted by Gasteiger charge is -2.07. The van der Waals surface area contributed by atoms with Crippen LogP contribution >= 0.6 is 0 Å². The first-order chi connectivity index (χ1) is 10.1. The smallest absolute Gasteiger partial charge is 0.262 e. The van der Waals surface area contributed by atoms with Crippen LogP contribution in [0.1, 0.15) is 5.76 Å². The lowest BCUT2D eigenvalue weighted by Crippen LogP contribution is -2.22. The fourth-order valence-corrected chi connectivity index (χ4v) is 1.53. The molecule has 0 atom stereocenters. The molecule has 0 fully saturated rings. The Morgan fingerprint density at radius 2 is 2.19 bits per heavy atom. The minimum absolute atomic E-state index is 0.0940. The van der Waals surface area contributed by atoms with Gasteiger partial charge in [-0.1, -0.05) is 6.07 Å². The number of amides is 1. The summed E-state index contributed by atoms with van der Waals surface area (Å²) in [4.78, 5) is 23.1. The van der Waals surface area contributed by atoms with Gasteiger partial charge in [0.05, 0.1) is 0 Å². The molecule has 1 heterocycles. The van der Waals surface area contributed by atoms with Gasteiger partial charge in [-0.25, -0.2) is 4.39 Å². The number of rotatable bonds is 5. The van der Waals surface area contributed by atoms with Crippen LogP contribution in [-0.2, 0) is 11.4 Å². The van der Waals surface area contributed by atoms with Crippen LogP contribution in [0.4, 0.5) is 10.1 Å². The second kappa shape index (κ2) is 6.67. The van der Waals surface area contributed by atoms with Crippen LogP contribution in [0.3, 0.4) is 0 Å². The van der Waals surface area contributed by atoms with E-state index in [2.05, 4.69) is 5.32 Å². The number of aliphatic hydroxyl groups excluding tert-OH is 1. The van der Waals surface area contributed by atoms with Crippen molar-refractivity contribution in [3.63, 3.8) is 0 Å². The summed E-state index contributed by atoms with van der Waals surface area (Å²) < 4.78 is 22.8. The van der Waals surface area contributed by atoms with Gasteiger partial charge in [0.15, 0.2) is 6.61 Å². The van der Waals surface area contributed by atoms with Crippen LogP contribution in [0, 0.1) is 5.82 Å². The molecular formula is C14H12FNO5. The van der Waals surface area contributed by atoms with Gasteiger partial charge >= 0.3 is 0 Å². The van der Waals surface area contributed by atoms with E-state index in [-0.39, 0.29) is 17.2 Å². The highest BCUT2D eigenvalue weighted by molar-refractivity contribution is 5.91. The maximum absolute atomic E-state index is 12.9. The average Bonchev–Trinajstić information content (AvgIpc) is 2.46. The highest BCUT2D eigenvalue weighted by Crippen LogP contribution is 2.09. The molecule has 1 aromatic heterocycles. The van der Waals surface area contributed by atoms with E-state index in [0.717, 1.165) is 18.4 Å². The van der Waals surface area contributed by atoms with Crippen LogP contribution in [0.5, 0.6) is 5.75 Å². The van der Waals surface area contributed by atoms with Gasteiger partial charge < -0.3 is 19.6 Å². The Labute approximate surface area is 118 Å². The SMILES string of the molecule is O=C(COc1coc(CO)cc1=O)Nc1cccc(F)c1. The number of carbonyl (C=O) groups excluding carboxylic acids is 1. The number of hydrogen-bond acceptors (Lipinski definition) is 5. The molecule has 0 aliphatic heterocycles. The van der Waals surface area contributed by atoms with Crippen molar-refractivity contribution < 1.29 is 23.4 Å². The molecule has 110 valence electrons. The van der Waals surface area contributed by atoms with Gasteiger partial charge in [0.2, 0.25) is 11.2 Å². The summed E-state index contributed by atoms with van der Waals surface area (Å²) in [5.41, 5.74) is -0.227. The van der Waals surface area contributed by atoms with Crippen molar-refractivity contribution in [2.45, 2.75) is 6.61 Å². The first-order valence-corrected chi connectivity index (χ1v) is 5.99. The van der Waals surface area contributed by atoms with Gasteiger partial charge in [-0.15, -0.1) is 0 Å². The number of halogens is 1. The Bertz CT molecular complexity index is 698. The molecule has 0 aliphatic rings. The zero-order valence-electron chi connectivity index (χ0n) is 10.8. The molecule has 6 nitrogen and oxygen atoms in total. The van der Waals surface area contributed by atoms with E-state index >= 15 is 0 Å². The Kier molecular flexibility index (Phi) is 4.68. The van der Waals surface area contributed by atoms with Crippen molar-refractivity contribution in [2.75, 3.05) is 11.9 Å². The maximum atomic E-state index is 12.9. The fourth-order valence-electron chi connectivity index (χ4n) is 1.53. The summed E-state index contributed by atoms with van der Waals surface area (Å²) in [7, 11) is 0. The number of aliphatic hydroxyl groups is 1. The van der Waals surface area contributed by atoms with Gasteiger partial charge in [0.25, 0.3) is 5.91 Å². The first kappa shape index (κ1) is 14.7. The largest absolute Gasteiger partial charge is 0.477 e. The molecule has 0 saturated heterocycles. The molecule has 1 amide bonds. The van der Waals surface area contributed by atoms with Crippen LogP contribution in [-0.4, -0.2) is 17.6 Å². The van der Waals surface area contributed by atoms with Crippen molar-refractivity contribution in [1.29, 1.82) is 0 Å². The van der Waals surface area contributed by atoms with Gasteiger partial charge in [0.1, 0.15) is 24.4 Å². The Hall–Kier alpha value is -2.67. The zero-order valence-corrected chi connectivity index (χ0v) is 10.8. The van der Waals surface area contributed by atoms with E-state index in [1.165, 1.54) is 18.2 Å². The lowest BCUT2D eigenvalue weighted by atomic mass is 10.3. The monoisotopic (exact) mass is 293 g/mol. The van der Waals surface area contributed by atoms with E-state index < -0.39 is 30.4 Å². The summed E-state index contributed by atoms with van der Waals surface area (Å²) >= 11 is 0. The summed E-state index contributed by atoms with van der Waals surface area (Å²) in [5.74, 6) is -1.08. The average molecular weight is 293 g/mol. The number of carbonyl (C=O) groups is 1. The molecule has 0 radical (unpaired) electrons. The number of hydrogen-bond donors (Lipinski definition) is 2. The van der Waals surface area contributed by atoms with Crippen molar-refractivity contribution in [1.82, 2.24) is 0 Å². The van der Waals surface area contributed by atoms with Gasteiger partial charge in [0, 0.05) is 11.8 Å². The first-order valence-electron chi connectivity index (χ1n) is 5.99. The van der Waals surface area contributed by atoms with Crippen molar-refractivity contribution in [3.8, 4) is 5.75 Å². The molecule has 2 N–H and O–H groups in total. The van der Waals surface area contributed by atoms with Crippen molar-refractivity contribution in [2.24, 2.45) is 0 Å². The van der Waals surface area contributed by atoms with Crippen LogP contribution in [0.15, 0.2) is 45.8 Å². The molecule has 0 spiro atoms. The van der Waals surface area contributed by atoms with E-state index in [9.17, 15) is 14.0 Å². The minimum atomic E-state index is -0.550. The predicted molar refractivity (Wildman–Crippen MR) is 71.4 cm³/mol. The highest BCUT2D eigenvalue weighted by Gasteiger charge is 2.08. The Morgan fingerprint density at radius 3 is 2.86 bits per heavy atom. The van der Waals surface area contributed by atoms with Crippen molar-refractivity contribution in [3.05, 3.63) is 58.4 Å². The van der Waals surface area contributed by atoms with E-state index in [4.69, 9.17) is 14.3 Å². The Balaban J connectivity index is 1.94. The molecule has 21 heavy (non-hydrogen) atoms. The highest BCUT2D eigenvalue weighted by atomic mass is 19.1. The number of anilines is 1. The van der Waals surface area contributed by atoms with E-state index in [0.29, 0.717) is 0 Å². The van der Waals surface area contributed by atoms with Crippen LogP contribution < -0.4 is 15.5 Å². The van der Waals surface area contributed by atoms with Gasteiger partial charge in [-0.2, -0.15) is 0 Å². The molecule has 7 heteroatoms. The molecule has 0 saturated carbocycles. The number of nitrogens with one attached hydrogen (secondary N) is 1. The number of benzene rings is 1. The quantitative estimate of drug-likeness (QED) is 0.867. The van der Waals surface area contributed by atoms with Gasteiger partial charge in [-0.3, -0.25) is 9.59 Å². The molecule has 0 aliphatic carbocycles. The maximum Gasteiger partial charge on any atom is 0.262 e. The summed E-state index contributed by atoms with van der Waals surface area (Å²) in [6.45, 7) is -0.838. The van der Waals surface area contributed by atoms with E-state index in [1.807, 2.05) is 0 Å². The second-order valence-electron chi connectivity index (χ2n) is 4.08. The predicted octanol–water partition coefficient (Wildman–Crippen LogP) is 1.29. The Morgan fingerprint density at radius 1 is 1.38 bits per heavy atom. The second-order valence-corrected chi connectivity index (χ2v) is 4.08. The number of ether oxygens (including phenoxy) is 1. The molecule has 0 bridgehead atoms. The molecule has 1 aromatic carbocycles. The zero-order chi connectivity index (χ0) is 15.2. The van der Waals surface area contributed by atoms with E-state index in [1.54, 1.807) is 0 Å². The third-order valence-corrected chi connectivity index (χ3v) is 2.48. The van der Waals surface area contributed by atoms with Crippen LogP contribution in [0.2, 0.25) is 0 Å². The molecule has 0 unspecified atom stereocenters. The van der Waals surface area contributed by atoms with Gasteiger partial charge in [-0.05, 0) is 18.2 Å². The fraction of sp³-hybridized carbons (Fsp3) is 0.143. The molecule has 2 aromatic rings. The normalized spacial score (nSPS) is 10.2. The molecular weight excluding hydrogens is 281 g/mol. The summed E-state index contributed by atoms with van der Waals surface area (Å²) in [5, 5.41) is 11.2. The third kappa shape index (κ3) is 4.15. The minimum Gasteiger partial charge on any atom is -0.477 e. The lowest BCUT2D eigenvalue weighted by molar-refractivity contribution is -0.118. The topological polar surface area (TPSA) is 88.8 Å². The summed E-state index contributed by atoms with van der Waals surface area (Å²) in [6, 6.07) is 6.45. The van der Waals surface area contributed by atoms with Crippen molar-refractivity contribution >= 4 is 11.6 Å². The summed E-state index contributed by atoms with van der Waals surface area (Å²) in [6.07, 6.45) is 1.02. The third-order valence-electron chi connectivity index (χ3n) is 2.48.